The first kappa shape index (κ1) is 32.0. The minimum absolute atomic E-state index is 0.00838. The summed E-state index contributed by atoms with van der Waals surface area (Å²) >= 11 is 1.86. The van der Waals surface area contributed by atoms with Crippen molar-refractivity contribution in [1.82, 2.24) is 19.4 Å². The van der Waals surface area contributed by atoms with Gasteiger partial charge in [0.05, 0.1) is 27.4 Å². The summed E-state index contributed by atoms with van der Waals surface area (Å²) in [7, 11) is 0. The quantitative estimate of drug-likeness (QED) is 0.238. The molecule has 2 aromatic heterocycles. The lowest BCUT2D eigenvalue weighted by Gasteiger charge is -2.35. The van der Waals surface area contributed by atoms with Crippen molar-refractivity contribution in [3.63, 3.8) is 0 Å². The molecule has 0 radical (unpaired) electrons. The van der Waals surface area contributed by atoms with Gasteiger partial charge in [0.1, 0.15) is 22.7 Å². The zero-order chi connectivity index (χ0) is 34.1. The number of nitrogen functional groups attached to an aromatic ring is 1. The summed E-state index contributed by atoms with van der Waals surface area (Å²) < 4.78 is 62.2. The van der Waals surface area contributed by atoms with Crippen molar-refractivity contribution in [2.24, 2.45) is 0 Å². The van der Waals surface area contributed by atoms with Crippen LogP contribution in [-0.2, 0) is 22.3 Å². The van der Waals surface area contributed by atoms with Gasteiger partial charge in [-0.2, -0.15) is 23.4 Å². The van der Waals surface area contributed by atoms with E-state index < -0.39 is 29.3 Å². The second kappa shape index (κ2) is 11.8. The topological polar surface area (TPSA) is 129 Å². The van der Waals surface area contributed by atoms with E-state index in [1.807, 2.05) is 6.07 Å². The number of carbonyl (C=O) groups excluding carboxylic acids is 2. The molecular weight excluding hydrogens is 671 g/mol. The number of hydrogen-bond donors (Lipinski definition) is 1. The highest BCUT2D eigenvalue weighted by molar-refractivity contribution is 7.99. The Balaban J connectivity index is 1.54. The standard InChI is InChI=1S/C32H27F4N7O3S2/c1-2-22(44)40-8-10-41(11-9-40)30-18-12-20(32(34,35)36)25(17-5-6-21(33)27-24(17)19(13-37)29(38)48-27)28-26(18)43(31(46)39-30)14-16(15-47-28)42-7-3-4-23(42)45/h2,5-6,12,16H,1,3-4,7-11,14-15,38H2. The van der Waals surface area contributed by atoms with Gasteiger partial charge in [-0.1, -0.05) is 12.6 Å². The lowest BCUT2D eigenvalue weighted by Crippen LogP contribution is -2.49. The summed E-state index contributed by atoms with van der Waals surface area (Å²) in [6.07, 6.45) is -2.78. The number of alkyl halides is 3. The van der Waals surface area contributed by atoms with Crippen LogP contribution < -0.4 is 16.3 Å². The number of likely N-dealkylation sites (tertiary alicyclic amines) is 1. The van der Waals surface area contributed by atoms with E-state index in [0.717, 1.165) is 35.2 Å². The predicted molar refractivity (Wildman–Crippen MR) is 175 cm³/mol. The molecule has 2 saturated heterocycles. The van der Waals surface area contributed by atoms with Gasteiger partial charge in [-0.15, -0.1) is 23.1 Å². The summed E-state index contributed by atoms with van der Waals surface area (Å²) in [5, 5.41) is 9.97. The van der Waals surface area contributed by atoms with E-state index in [1.54, 1.807) is 14.7 Å². The summed E-state index contributed by atoms with van der Waals surface area (Å²) in [5.41, 5.74) is 4.03. The first-order chi connectivity index (χ1) is 22.9. The number of amides is 2. The van der Waals surface area contributed by atoms with Gasteiger partial charge >= 0.3 is 11.9 Å². The first-order valence-corrected chi connectivity index (χ1v) is 16.9. The van der Waals surface area contributed by atoms with E-state index in [2.05, 4.69) is 11.6 Å². The minimum atomic E-state index is -4.93. The van der Waals surface area contributed by atoms with Crippen LogP contribution in [-0.4, -0.2) is 75.7 Å². The van der Waals surface area contributed by atoms with Crippen molar-refractivity contribution < 1.29 is 27.2 Å². The third-order valence-electron chi connectivity index (χ3n) is 9.13. The molecule has 0 bridgehead atoms. The number of rotatable bonds is 4. The molecule has 1 atom stereocenters. The van der Waals surface area contributed by atoms with Crippen molar-refractivity contribution in [3.05, 3.63) is 58.3 Å². The largest absolute Gasteiger partial charge is 0.417 e. The van der Waals surface area contributed by atoms with Gasteiger partial charge < -0.3 is 20.4 Å². The van der Waals surface area contributed by atoms with Gasteiger partial charge in [-0.25, -0.2) is 9.18 Å². The molecule has 16 heteroatoms. The van der Waals surface area contributed by atoms with Crippen LogP contribution in [0.3, 0.4) is 0 Å². The van der Waals surface area contributed by atoms with Gasteiger partial charge in [-0.3, -0.25) is 14.2 Å². The number of anilines is 2. The van der Waals surface area contributed by atoms with E-state index in [1.165, 1.54) is 16.7 Å². The number of piperazine rings is 1. The fraction of sp³-hybridized carbons (Fsp3) is 0.344. The number of nitrogens with zero attached hydrogens (tertiary/aromatic N) is 6. The first-order valence-electron chi connectivity index (χ1n) is 15.1. The molecule has 0 saturated carbocycles. The molecule has 2 aromatic carbocycles. The maximum Gasteiger partial charge on any atom is 0.417 e. The molecule has 3 aliphatic heterocycles. The highest BCUT2D eigenvalue weighted by Gasteiger charge is 2.40. The Morgan fingerprint density at radius 3 is 2.56 bits per heavy atom. The number of aromatic nitrogens is 2. The van der Waals surface area contributed by atoms with Crippen molar-refractivity contribution in [3.8, 4) is 17.2 Å². The SMILES string of the molecule is C=CC(=O)N1CCN(c2nc(=O)n3c4c(c(-c5ccc(F)c6sc(N)c(C#N)c56)c(C(F)(F)F)cc24)SCC(N2CCCC2=O)C3)CC1. The van der Waals surface area contributed by atoms with Crippen molar-refractivity contribution in [2.45, 2.75) is 36.5 Å². The average Bonchev–Trinajstić information content (AvgIpc) is 3.58. The number of hydrogen-bond acceptors (Lipinski definition) is 9. The molecule has 4 aromatic rings. The number of nitrogens with two attached hydrogens (primary N) is 1. The molecule has 248 valence electrons. The number of benzene rings is 2. The van der Waals surface area contributed by atoms with Crippen LogP contribution in [0.5, 0.6) is 0 Å². The van der Waals surface area contributed by atoms with Gasteiger partial charge in [0.25, 0.3) is 0 Å². The zero-order valence-electron chi connectivity index (χ0n) is 25.3. The van der Waals surface area contributed by atoms with Crippen LogP contribution in [0.2, 0.25) is 0 Å². The molecule has 0 aliphatic carbocycles. The Morgan fingerprint density at radius 1 is 1.17 bits per heavy atom. The van der Waals surface area contributed by atoms with E-state index in [4.69, 9.17) is 5.73 Å². The summed E-state index contributed by atoms with van der Waals surface area (Å²) in [5.74, 6) is -0.889. The van der Waals surface area contributed by atoms with E-state index >= 15 is 17.6 Å². The Hall–Kier alpha value is -4.62. The monoisotopic (exact) mass is 697 g/mol. The maximum atomic E-state index is 15.3. The van der Waals surface area contributed by atoms with Crippen LogP contribution >= 0.6 is 23.1 Å². The third kappa shape index (κ3) is 5.07. The smallest absolute Gasteiger partial charge is 0.389 e. The minimum Gasteiger partial charge on any atom is -0.389 e. The van der Waals surface area contributed by atoms with Crippen LogP contribution in [0.25, 0.3) is 32.1 Å². The average molecular weight is 698 g/mol. The zero-order valence-corrected chi connectivity index (χ0v) is 26.9. The molecule has 3 aliphatic rings. The highest BCUT2D eigenvalue weighted by Crippen LogP contribution is 2.51. The number of nitriles is 1. The molecule has 5 heterocycles. The third-order valence-corrected chi connectivity index (χ3v) is 11.4. The van der Waals surface area contributed by atoms with Crippen molar-refractivity contribution >= 4 is 66.7 Å². The molecule has 2 fully saturated rings. The normalized spacial score (nSPS) is 18.4. The number of thiophene rings is 1. The van der Waals surface area contributed by atoms with Gasteiger partial charge in [0.15, 0.2) is 0 Å². The van der Waals surface area contributed by atoms with Gasteiger partial charge in [0.2, 0.25) is 11.8 Å². The lowest BCUT2D eigenvalue weighted by molar-refractivity contribution is -0.137. The molecule has 48 heavy (non-hydrogen) atoms. The highest BCUT2D eigenvalue weighted by atomic mass is 32.2. The second-order valence-corrected chi connectivity index (χ2v) is 13.9. The number of halogens is 4. The van der Waals surface area contributed by atoms with Gasteiger partial charge in [-0.05, 0) is 30.2 Å². The van der Waals surface area contributed by atoms with E-state index in [0.29, 0.717) is 19.4 Å². The Kier molecular flexibility index (Phi) is 7.86. The summed E-state index contributed by atoms with van der Waals surface area (Å²) in [4.78, 5) is 48.3. The fourth-order valence-corrected chi connectivity index (χ4v) is 9.21. The molecule has 2 amide bonds. The van der Waals surface area contributed by atoms with Crippen LogP contribution in [0.4, 0.5) is 28.4 Å². The molecule has 7 rings (SSSR count). The molecule has 0 spiro atoms. The molecular formula is C32H27F4N7O3S2. The Morgan fingerprint density at radius 2 is 1.92 bits per heavy atom. The fourth-order valence-electron chi connectivity index (χ4n) is 6.90. The van der Waals surface area contributed by atoms with Crippen molar-refractivity contribution in [1.29, 1.82) is 5.26 Å². The summed E-state index contributed by atoms with van der Waals surface area (Å²) in [6.45, 7) is 4.88. The van der Waals surface area contributed by atoms with Gasteiger partial charge in [0, 0.05) is 72.7 Å². The molecule has 2 N–H and O–H groups in total. The lowest BCUT2D eigenvalue weighted by atomic mass is 9.92. The number of thioether (sulfide) groups is 1. The Bertz CT molecular complexity index is 2150. The summed E-state index contributed by atoms with van der Waals surface area (Å²) in [6, 6.07) is 4.65. The van der Waals surface area contributed by atoms with Crippen LogP contribution in [0, 0.1) is 17.1 Å². The second-order valence-electron chi connectivity index (χ2n) is 11.8. The number of fused-ring (bicyclic) bond motifs is 1. The molecule has 1 unspecified atom stereocenters. The van der Waals surface area contributed by atoms with Crippen LogP contribution in [0.1, 0.15) is 24.0 Å². The van der Waals surface area contributed by atoms with Crippen LogP contribution in [0.15, 0.2) is 40.5 Å². The predicted octanol–water partition coefficient (Wildman–Crippen LogP) is 4.82. The van der Waals surface area contributed by atoms with E-state index in [9.17, 15) is 19.6 Å². The van der Waals surface area contributed by atoms with E-state index in [-0.39, 0.29) is 104 Å². The molecule has 10 nitrogen and oxygen atoms in total. The van der Waals surface area contributed by atoms with Crippen molar-refractivity contribution in [2.75, 3.05) is 49.1 Å². The Labute approximate surface area is 279 Å². The maximum absolute atomic E-state index is 15.3. The number of carbonyl (C=O) groups is 2.